The monoisotopic (exact) mass is 470 g/mol. The Hall–Kier alpha value is -4.13. The van der Waals surface area contributed by atoms with Crippen molar-refractivity contribution in [3.8, 4) is 0 Å². The molecule has 4 rings (SSSR count). The molecule has 0 aliphatic heterocycles. The van der Waals surface area contributed by atoms with Gasteiger partial charge in [0.15, 0.2) is 0 Å². The highest BCUT2D eigenvalue weighted by atomic mass is 16.2. The molecular weight excluding hydrogens is 440 g/mol. The van der Waals surface area contributed by atoms with Gasteiger partial charge in [0, 0.05) is 28.5 Å². The summed E-state index contributed by atoms with van der Waals surface area (Å²) in [4.78, 5) is 37.4. The minimum atomic E-state index is -0.243. The maximum Gasteiger partial charge on any atom is 0.251 e. The van der Waals surface area contributed by atoms with Gasteiger partial charge in [0.2, 0.25) is 11.8 Å². The molecule has 4 N–H and O–H groups in total. The van der Waals surface area contributed by atoms with E-state index in [1.54, 1.807) is 24.3 Å². The second kappa shape index (κ2) is 10.9. The van der Waals surface area contributed by atoms with Crippen molar-refractivity contribution in [3.63, 3.8) is 0 Å². The molecule has 7 heteroatoms. The summed E-state index contributed by atoms with van der Waals surface area (Å²) in [5.41, 5.74) is 4.42. The highest BCUT2D eigenvalue weighted by Gasteiger charge is 2.29. The summed E-state index contributed by atoms with van der Waals surface area (Å²) in [5, 5.41) is 11.9. The standard InChI is InChI=1S/C28H30N4O3/c1-18-24(12-7-13-25(18)32-27(34)21-14-15-21)29-17-26(33)31-23-11-6-10-22(16-23)28(35)30-19(2)20-8-4-3-5-9-20/h3-13,16,19,21,29H,14-15,17H2,1-2H3,(H,30,35)(H,31,33)(H,32,34). The maximum absolute atomic E-state index is 12.7. The van der Waals surface area contributed by atoms with E-state index in [4.69, 9.17) is 0 Å². The van der Waals surface area contributed by atoms with Crippen LogP contribution < -0.4 is 21.3 Å². The third-order valence-corrected chi connectivity index (χ3v) is 6.03. The minimum absolute atomic E-state index is 0.0440. The third kappa shape index (κ3) is 6.47. The first-order valence-corrected chi connectivity index (χ1v) is 11.8. The molecule has 1 aliphatic rings. The Balaban J connectivity index is 1.32. The summed E-state index contributed by atoms with van der Waals surface area (Å²) >= 11 is 0. The molecule has 3 aromatic rings. The molecule has 1 saturated carbocycles. The van der Waals surface area contributed by atoms with Gasteiger partial charge in [-0.15, -0.1) is 0 Å². The van der Waals surface area contributed by atoms with E-state index in [2.05, 4.69) is 21.3 Å². The minimum Gasteiger partial charge on any atom is -0.376 e. The van der Waals surface area contributed by atoms with E-state index in [-0.39, 0.29) is 36.2 Å². The van der Waals surface area contributed by atoms with Gasteiger partial charge >= 0.3 is 0 Å². The van der Waals surface area contributed by atoms with Crippen molar-refractivity contribution in [3.05, 3.63) is 89.5 Å². The van der Waals surface area contributed by atoms with Gasteiger partial charge in [0.1, 0.15) is 0 Å². The molecule has 180 valence electrons. The summed E-state index contributed by atoms with van der Waals surface area (Å²) in [6, 6.07) is 22.0. The van der Waals surface area contributed by atoms with E-state index in [1.807, 2.05) is 62.4 Å². The Labute approximate surface area is 205 Å². The number of carbonyl (C=O) groups is 3. The average Bonchev–Trinajstić information content (AvgIpc) is 3.71. The quantitative estimate of drug-likeness (QED) is 0.358. The molecule has 0 bridgehead atoms. The van der Waals surface area contributed by atoms with Gasteiger partial charge in [-0.25, -0.2) is 0 Å². The Kier molecular flexibility index (Phi) is 7.45. The fraction of sp³-hybridized carbons (Fsp3) is 0.250. The van der Waals surface area contributed by atoms with Gasteiger partial charge in [-0.05, 0) is 68.1 Å². The number of anilines is 3. The summed E-state index contributed by atoms with van der Waals surface area (Å²) in [6.07, 6.45) is 1.88. The topological polar surface area (TPSA) is 99.3 Å². The highest BCUT2D eigenvalue weighted by molar-refractivity contribution is 5.98. The molecule has 1 aliphatic carbocycles. The first-order valence-electron chi connectivity index (χ1n) is 11.8. The van der Waals surface area contributed by atoms with Crippen LogP contribution in [0.1, 0.15) is 47.3 Å². The number of carbonyl (C=O) groups excluding carboxylic acids is 3. The predicted octanol–water partition coefficient (Wildman–Crippen LogP) is 4.89. The normalized spacial score (nSPS) is 13.4. The van der Waals surface area contributed by atoms with Gasteiger partial charge in [-0.1, -0.05) is 42.5 Å². The lowest BCUT2D eigenvalue weighted by molar-refractivity contribution is -0.117. The van der Waals surface area contributed by atoms with E-state index in [9.17, 15) is 14.4 Å². The SMILES string of the molecule is Cc1c(NCC(=O)Nc2cccc(C(=O)NC(C)c3ccccc3)c2)cccc1NC(=O)C1CC1. The van der Waals surface area contributed by atoms with Crippen LogP contribution in [0.3, 0.4) is 0 Å². The van der Waals surface area contributed by atoms with Crippen LogP contribution in [0.15, 0.2) is 72.8 Å². The van der Waals surface area contributed by atoms with E-state index in [1.165, 1.54) is 0 Å². The van der Waals surface area contributed by atoms with E-state index in [0.29, 0.717) is 11.3 Å². The lowest BCUT2D eigenvalue weighted by Gasteiger charge is -2.15. The molecule has 1 fully saturated rings. The molecule has 0 aromatic heterocycles. The summed E-state index contributed by atoms with van der Waals surface area (Å²) < 4.78 is 0. The van der Waals surface area contributed by atoms with Gasteiger partial charge in [0.05, 0.1) is 12.6 Å². The summed E-state index contributed by atoms with van der Waals surface area (Å²) in [5.74, 6) is -0.287. The van der Waals surface area contributed by atoms with Gasteiger partial charge in [-0.3, -0.25) is 14.4 Å². The highest BCUT2D eigenvalue weighted by Crippen LogP contribution is 2.31. The molecule has 0 heterocycles. The number of benzene rings is 3. The summed E-state index contributed by atoms with van der Waals surface area (Å²) in [6.45, 7) is 3.88. The van der Waals surface area contributed by atoms with Crippen molar-refractivity contribution in [1.82, 2.24) is 5.32 Å². The van der Waals surface area contributed by atoms with Crippen LogP contribution in [0.2, 0.25) is 0 Å². The van der Waals surface area contributed by atoms with Crippen LogP contribution in [-0.2, 0) is 9.59 Å². The van der Waals surface area contributed by atoms with E-state index < -0.39 is 0 Å². The number of hydrogen-bond donors (Lipinski definition) is 4. The molecule has 3 amide bonds. The van der Waals surface area contributed by atoms with Crippen LogP contribution in [0.4, 0.5) is 17.1 Å². The van der Waals surface area contributed by atoms with Crippen molar-refractivity contribution in [2.24, 2.45) is 5.92 Å². The molecular formula is C28H30N4O3. The van der Waals surface area contributed by atoms with Gasteiger partial charge in [0.25, 0.3) is 5.91 Å². The Morgan fingerprint density at radius 2 is 1.60 bits per heavy atom. The van der Waals surface area contributed by atoms with Gasteiger partial charge < -0.3 is 21.3 Å². The lowest BCUT2D eigenvalue weighted by Crippen LogP contribution is -2.27. The molecule has 1 unspecified atom stereocenters. The number of amides is 3. The Morgan fingerprint density at radius 1 is 0.886 bits per heavy atom. The van der Waals surface area contributed by atoms with Crippen LogP contribution in [-0.4, -0.2) is 24.3 Å². The Bertz CT molecular complexity index is 1220. The zero-order valence-electron chi connectivity index (χ0n) is 19.9. The van der Waals surface area contributed by atoms with Crippen molar-refractivity contribution in [2.45, 2.75) is 32.7 Å². The molecule has 0 spiro atoms. The van der Waals surface area contributed by atoms with Crippen LogP contribution in [0.25, 0.3) is 0 Å². The molecule has 3 aromatic carbocycles. The molecule has 35 heavy (non-hydrogen) atoms. The predicted molar refractivity (Wildman–Crippen MR) is 138 cm³/mol. The van der Waals surface area contributed by atoms with Crippen molar-refractivity contribution >= 4 is 34.8 Å². The smallest absolute Gasteiger partial charge is 0.251 e. The van der Waals surface area contributed by atoms with Crippen molar-refractivity contribution in [2.75, 3.05) is 22.5 Å². The van der Waals surface area contributed by atoms with Crippen molar-refractivity contribution in [1.29, 1.82) is 0 Å². The molecule has 0 saturated heterocycles. The van der Waals surface area contributed by atoms with Crippen LogP contribution >= 0.6 is 0 Å². The first kappa shape index (κ1) is 24.0. The lowest BCUT2D eigenvalue weighted by atomic mass is 10.1. The molecule has 7 nitrogen and oxygen atoms in total. The van der Waals surface area contributed by atoms with Crippen LogP contribution in [0.5, 0.6) is 0 Å². The molecule has 0 radical (unpaired) electrons. The second-order valence-corrected chi connectivity index (χ2v) is 8.83. The van der Waals surface area contributed by atoms with Gasteiger partial charge in [-0.2, -0.15) is 0 Å². The maximum atomic E-state index is 12.7. The molecule has 1 atom stereocenters. The zero-order valence-corrected chi connectivity index (χ0v) is 19.9. The second-order valence-electron chi connectivity index (χ2n) is 8.83. The number of hydrogen-bond acceptors (Lipinski definition) is 4. The average molecular weight is 471 g/mol. The fourth-order valence-corrected chi connectivity index (χ4v) is 3.77. The summed E-state index contributed by atoms with van der Waals surface area (Å²) in [7, 11) is 0. The fourth-order valence-electron chi connectivity index (χ4n) is 3.77. The van der Waals surface area contributed by atoms with Crippen LogP contribution in [0, 0.1) is 12.8 Å². The van der Waals surface area contributed by atoms with Crippen molar-refractivity contribution < 1.29 is 14.4 Å². The number of nitrogens with one attached hydrogen (secondary N) is 4. The van der Waals surface area contributed by atoms with E-state index >= 15 is 0 Å². The van der Waals surface area contributed by atoms with E-state index in [0.717, 1.165) is 35.3 Å². The Morgan fingerprint density at radius 3 is 2.34 bits per heavy atom. The third-order valence-electron chi connectivity index (χ3n) is 6.03. The number of rotatable bonds is 9. The first-order chi connectivity index (χ1) is 16.9. The zero-order chi connectivity index (χ0) is 24.8. The largest absolute Gasteiger partial charge is 0.376 e.